The molecule has 0 bridgehead atoms. The minimum atomic E-state index is -0.944. The van der Waals surface area contributed by atoms with Gasteiger partial charge >= 0.3 is 11.8 Å². The Kier molecular flexibility index (Phi) is 4.11. The van der Waals surface area contributed by atoms with E-state index >= 15 is 0 Å². The van der Waals surface area contributed by atoms with Gasteiger partial charge in [-0.3, -0.25) is 9.59 Å². The lowest BCUT2D eigenvalue weighted by Gasteiger charge is -2.00. The van der Waals surface area contributed by atoms with Crippen molar-refractivity contribution in [2.24, 2.45) is 5.73 Å². The molecule has 2 aromatic heterocycles. The molecule has 0 aliphatic heterocycles. The van der Waals surface area contributed by atoms with Gasteiger partial charge in [-0.2, -0.15) is 11.3 Å². The predicted molar refractivity (Wildman–Crippen MR) is 73.5 cm³/mol. The minimum absolute atomic E-state index is 0.422. The number of amides is 2. The second kappa shape index (κ2) is 5.79. The van der Waals surface area contributed by atoms with Gasteiger partial charge in [-0.25, -0.2) is 0 Å². The number of hydrogen-bond donors (Lipinski definition) is 2. The monoisotopic (exact) mass is 280 g/mol. The molecule has 0 saturated carbocycles. The quantitative estimate of drug-likeness (QED) is 0.835. The van der Waals surface area contributed by atoms with Crippen LogP contribution in [0.4, 0.5) is 0 Å². The summed E-state index contributed by atoms with van der Waals surface area (Å²) in [5, 5.41) is 6.61. The van der Waals surface area contributed by atoms with E-state index in [1.165, 1.54) is 15.3 Å². The summed E-state index contributed by atoms with van der Waals surface area (Å²) in [6.07, 6.45) is 0.702. The number of primary amides is 1. The third-order valence-electron chi connectivity index (χ3n) is 2.35. The standard InChI is InChI=1S/C12H12N2O2S2/c13-11(15)12(16)14-5-3-9-1-2-10(18-9)8-4-6-17-7-8/h1-2,4,6-7H,3,5H2,(H2,13,15)(H,14,16). The molecular weight excluding hydrogens is 268 g/mol. The van der Waals surface area contributed by atoms with E-state index in [0.717, 1.165) is 0 Å². The molecule has 94 valence electrons. The van der Waals surface area contributed by atoms with Crippen molar-refractivity contribution in [3.8, 4) is 10.4 Å². The molecule has 18 heavy (non-hydrogen) atoms. The summed E-state index contributed by atoms with van der Waals surface area (Å²) in [6.45, 7) is 0.422. The van der Waals surface area contributed by atoms with Gasteiger partial charge in [0.1, 0.15) is 0 Å². The molecule has 2 heterocycles. The highest BCUT2D eigenvalue weighted by atomic mass is 32.1. The van der Waals surface area contributed by atoms with Gasteiger partial charge in [0.05, 0.1) is 0 Å². The van der Waals surface area contributed by atoms with Gasteiger partial charge < -0.3 is 11.1 Å². The lowest BCUT2D eigenvalue weighted by atomic mass is 10.3. The van der Waals surface area contributed by atoms with Crippen LogP contribution >= 0.6 is 22.7 Å². The largest absolute Gasteiger partial charge is 0.361 e. The van der Waals surface area contributed by atoms with Crippen molar-refractivity contribution in [2.45, 2.75) is 6.42 Å². The highest BCUT2D eigenvalue weighted by Crippen LogP contribution is 2.29. The molecule has 0 unspecified atom stereocenters. The summed E-state index contributed by atoms with van der Waals surface area (Å²) in [5.74, 6) is -1.68. The van der Waals surface area contributed by atoms with Crippen LogP contribution in [-0.4, -0.2) is 18.4 Å². The maximum Gasteiger partial charge on any atom is 0.309 e. The van der Waals surface area contributed by atoms with Crippen molar-refractivity contribution in [1.82, 2.24) is 5.32 Å². The summed E-state index contributed by atoms with van der Waals surface area (Å²) >= 11 is 3.36. The summed E-state index contributed by atoms with van der Waals surface area (Å²) < 4.78 is 0. The third-order valence-corrected chi connectivity index (χ3v) is 4.23. The highest BCUT2D eigenvalue weighted by molar-refractivity contribution is 7.16. The second-order valence-corrected chi connectivity index (χ2v) is 5.60. The van der Waals surface area contributed by atoms with Crippen LogP contribution in [0.15, 0.2) is 29.0 Å². The number of hydrogen-bond acceptors (Lipinski definition) is 4. The lowest BCUT2D eigenvalue weighted by molar-refractivity contribution is -0.137. The SMILES string of the molecule is NC(=O)C(=O)NCCc1ccc(-c2ccsc2)s1. The Balaban J connectivity index is 1.88. The summed E-state index contributed by atoms with van der Waals surface area (Å²) in [6, 6.07) is 6.18. The van der Waals surface area contributed by atoms with Gasteiger partial charge in [-0.15, -0.1) is 11.3 Å². The minimum Gasteiger partial charge on any atom is -0.361 e. The number of nitrogens with one attached hydrogen (secondary N) is 1. The van der Waals surface area contributed by atoms with E-state index in [2.05, 4.69) is 22.8 Å². The normalized spacial score (nSPS) is 10.2. The number of nitrogens with two attached hydrogens (primary N) is 1. The molecule has 4 nitrogen and oxygen atoms in total. The molecule has 2 rings (SSSR count). The summed E-state index contributed by atoms with van der Waals surface area (Å²) in [5.41, 5.74) is 6.06. The van der Waals surface area contributed by atoms with E-state index < -0.39 is 11.8 Å². The molecule has 0 aliphatic rings. The smallest absolute Gasteiger partial charge is 0.309 e. The Labute approximate surface area is 112 Å². The average Bonchev–Trinajstić information content (AvgIpc) is 2.98. The Morgan fingerprint density at radius 1 is 1.28 bits per heavy atom. The van der Waals surface area contributed by atoms with Crippen LogP contribution in [0.2, 0.25) is 0 Å². The van der Waals surface area contributed by atoms with Crippen LogP contribution < -0.4 is 11.1 Å². The molecule has 0 aromatic carbocycles. The number of carbonyl (C=O) groups is 2. The Hall–Kier alpha value is -1.66. The average molecular weight is 280 g/mol. The first-order chi connectivity index (χ1) is 8.66. The van der Waals surface area contributed by atoms with E-state index in [0.29, 0.717) is 13.0 Å². The van der Waals surface area contributed by atoms with Gasteiger partial charge in [-0.05, 0) is 35.4 Å². The molecule has 0 spiro atoms. The van der Waals surface area contributed by atoms with Gasteiger partial charge in [0, 0.05) is 21.9 Å². The molecule has 2 amide bonds. The van der Waals surface area contributed by atoms with Crippen molar-refractivity contribution >= 4 is 34.5 Å². The fraction of sp³-hybridized carbons (Fsp3) is 0.167. The fourth-order valence-electron chi connectivity index (χ4n) is 1.46. The first-order valence-corrected chi connectivity index (χ1v) is 7.11. The van der Waals surface area contributed by atoms with Crippen LogP contribution in [0.3, 0.4) is 0 Å². The molecule has 2 aromatic rings. The molecular formula is C12H12N2O2S2. The zero-order valence-electron chi connectivity index (χ0n) is 9.51. The van der Waals surface area contributed by atoms with Crippen molar-refractivity contribution in [3.05, 3.63) is 33.8 Å². The number of rotatable bonds is 4. The van der Waals surface area contributed by atoms with Crippen LogP contribution in [0, 0.1) is 0 Å². The second-order valence-electron chi connectivity index (χ2n) is 3.65. The molecule has 0 saturated heterocycles. The Morgan fingerprint density at radius 2 is 2.11 bits per heavy atom. The van der Waals surface area contributed by atoms with E-state index in [4.69, 9.17) is 5.73 Å². The zero-order valence-corrected chi connectivity index (χ0v) is 11.1. The van der Waals surface area contributed by atoms with Crippen molar-refractivity contribution < 1.29 is 9.59 Å². The summed E-state index contributed by atoms with van der Waals surface area (Å²) in [7, 11) is 0. The van der Waals surface area contributed by atoms with Crippen LogP contribution in [0.5, 0.6) is 0 Å². The molecule has 3 N–H and O–H groups in total. The van der Waals surface area contributed by atoms with Crippen molar-refractivity contribution in [3.63, 3.8) is 0 Å². The van der Waals surface area contributed by atoms with E-state index in [9.17, 15) is 9.59 Å². The molecule has 0 radical (unpaired) electrons. The molecule has 0 fully saturated rings. The van der Waals surface area contributed by atoms with Crippen molar-refractivity contribution in [1.29, 1.82) is 0 Å². The maximum absolute atomic E-state index is 10.9. The molecule has 0 aliphatic carbocycles. The van der Waals surface area contributed by atoms with Crippen LogP contribution in [0.1, 0.15) is 4.88 Å². The number of thiophene rings is 2. The van der Waals surface area contributed by atoms with Gasteiger partial charge in [0.25, 0.3) is 0 Å². The maximum atomic E-state index is 10.9. The van der Waals surface area contributed by atoms with E-state index in [-0.39, 0.29) is 0 Å². The molecule has 0 atom stereocenters. The summed E-state index contributed by atoms with van der Waals surface area (Å²) in [4.78, 5) is 23.8. The fourth-order valence-corrected chi connectivity index (χ4v) is 3.19. The van der Waals surface area contributed by atoms with Gasteiger partial charge in [0.15, 0.2) is 0 Å². The third kappa shape index (κ3) is 3.18. The first-order valence-electron chi connectivity index (χ1n) is 5.36. The van der Waals surface area contributed by atoms with E-state index in [1.807, 2.05) is 11.4 Å². The Morgan fingerprint density at radius 3 is 2.78 bits per heavy atom. The van der Waals surface area contributed by atoms with Crippen molar-refractivity contribution in [2.75, 3.05) is 6.54 Å². The first kappa shape index (κ1) is 12.8. The zero-order chi connectivity index (χ0) is 13.0. The molecule has 6 heteroatoms. The topological polar surface area (TPSA) is 72.2 Å². The highest BCUT2D eigenvalue weighted by Gasteiger charge is 2.08. The lowest BCUT2D eigenvalue weighted by Crippen LogP contribution is -2.36. The van der Waals surface area contributed by atoms with Crippen LogP contribution in [0.25, 0.3) is 10.4 Å². The Bertz CT molecular complexity index is 546. The van der Waals surface area contributed by atoms with Gasteiger partial charge in [-0.1, -0.05) is 0 Å². The van der Waals surface area contributed by atoms with Gasteiger partial charge in [0.2, 0.25) is 0 Å². The predicted octanol–water partition coefficient (Wildman–Crippen LogP) is 1.62. The number of carbonyl (C=O) groups excluding carboxylic acids is 2. The van der Waals surface area contributed by atoms with E-state index in [1.54, 1.807) is 22.7 Å². The van der Waals surface area contributed by atoms with Crippen LogP contribution in [-0.2, 0) is 16.0 Å².